The Balaban J connectivity index is 0. The normalized spacial score (nSPS) is 14.3. The molecule has 1 saturated carbocycles. The highest BCUT2D eigenvalue weighted by Crippen LogP contribution is 2.14. The van der Waals surface area contributed by atoms with E-state index in [1.165, 1.54) is 39.0 Å². The summed E-state index contributed by atoms with van der Waals surface area (Å²) in [5.41, 5.74) is 17.4. The summed E-state index contributed by atoms with van der Waals surface area (Å²) < 4.78 is 0. The fourth-order valence-corrected chi connectivity index (χ4v) is 2.61. The molecule has 0 unspecified atom stereocenters. The number of nitrogens with two attached hydrogens (primary N) is 3. The predicted molar refractivity (Wildman–Crippen MR) is 117 cm³/mol. The molecular formula is C21H37N4O4+. The van der Waals surface area contributed by atoms with Crippen molar-refractivity contribution in [3.63, 3.8) is 0 Å². The lowest BCUT2D eigenvalue weighted by Crippen LogP contribution is -2.29. The van der Waals surface area contributed by atoms with Crippen molar-refractivity contribution in [2.75, 3.05) is 11.9 Å². The van der Waals surface area contributed by atoms with Crippen LogP contribution in [0.5, 0.6) is 0 Å². The minimum atomic E-state index is -0.933. The first-order valence-electron chi connectivity index (χ1n) is 10.1. The molecule has 1 amide bonds. The van der Waals surface area contributed by atoms with Gasteiger partial charge in [0.1, 0.15) is 12.3 Å². The number of aliphatic carboxylic acids is 1. The van der Waals surface area contributed by atoms with Gasteiger partial charge in [0.15, 0.2) is 0 Å². The average Bonchev–Trinajstić information content (AvgIpc) is 2.70. The van der Waals surface area contributed by atoms with Gasteiger partial charge in [0.05, 0.1) is 0 Å². The zero-order valence-corrected chi connectivity index (χ0v) is 17.3. The Bertz CT molecular complexity index is 593. The molecule has 164 valence electrons. The van der Waals surface area contributed by atoms with Crippen LogP contribution in [0.3, 0.4) is 0 Å². The Hall–Kier alpha value is -2.29. The molecule has 0 saturated heterocycles. The monoisotopic (exact) mass is 409 g/mol. The smallest absolute Gasteiger partial charge is 0.480 e. The summed E-state index contributed by atoms with van der Waals surface area (Å²) in [6.45, 7) is 2.04. The van der Waals surface area contributed by atoms with Crippen LogP contribution in [0.15, 0.2) is 24.3 Å². The third-order valence-electron chi connectivity index (χ3n) is 4.30. The molecule has 29 heavy (non-hydrogen) atoms. The van der Waals surface area contributed by atoms with Gasteiger partial charge in [-0.15, -0.1) is 0 Å². The van der Waals surface area contributed by atoms with E-state index in [-0.39, 0.29) is 7.33 Å². The number of carbonyl (C=O) groups excluding carboxylic acids is 2. The minimum Gasteiger partial charge on any atom is -0.480 e. The number of carboxylic acid groups (broad SMARTS) is 1. The van der Waals surface area contributed by atoms with E-state index < -0.39 is 12.0 Å². The highest BCUT2D eigenvalue weighted by Gasteiger charge is 2.09. The molecule has 1 atom stereocenters. The van der Waals surface area contributed by atoms with Gasteiger partial charge in [-0.3, -0.25) is 14.4 Å². The molecule has 8 N–H and O–H groups in total. The van der Waals surface area contributed by atoms with Crippen LogP contribution in [-0.2, 0) is 9.59 Å². The number of unbranched alkanes of at least 4 members (excludes halogenated alkanes) is 1. The number of hydrogen-bond donors (Lipinski definition) is 5. The topological polar surface area (TPSA) is 162 Å². The Morgan fingerprint density at radius 1 is 1.21 bits per heavy atom. The van der Waals surface area contributed by atoms with Crippen molar-refractivity contribution in [2.45, 2.75) is 70.4 Å². The summed E-state index contributed by atoms with van der Waals surface area (Å²) in [5, 5.41) is 10.9. The van der Waals surface area contributed by atoms with Gasteiger partial charge in [-0.05, 0) is 56.5 Å². The largest absolute Gasteiger partial charge is 1.00 e. The number of carbonyl (C=O) groups is 3. The van der Waals surface area contributed by atoms with Crippen LogP contribution in [0.2, 0.25) is 0 Å². The van der Waals surface area contributed by atoms with Gasteiger partial charge >= 0.3 is 7.40 Å². The van der Waals surface area contributed by atoms with Gasteiger partial charge in [-0.2, -0.15) is 0 Å². The van der Waals surface area contributed by atoms with Crippen molar-refractivity contribution >= 4 is 23.9 Å². The fourth-order valence-electron chi connectivity index (χ4n) is 2.61. The molecule has 0 aromatic heterocycles. The Morgan fingerprint density at radius 3 is 2.17 bits per heavy atom. The molecule has 0 spiro atoms. The molecule has 1 aliphatic rings. The molecule has 1 aromatic rings. The maximum Gasteiger partial charge on any atom is 1.00 e. The van der Waals surface area contributed by atoms with Crippen molar-refractivity contribution in [2.24, 2.45) is 17.2 Å². The second kappa shape index (κ2) is 16.6. The molecule has 8 nitrogen and oxygen atoms in total. The first-order chi connectivity index (χ1) is 13.8. The first kappa shape index (κ1) is 26.7. The van der Waals surface area contributed by atoms with E-state index >= 15 is 0 Å². The summed E-state index contributed by atoms with van der Waals surface area (Å²) in [6.07, 6.45) is 9.59. The van der Waals surface area contributed by atoms with Crippen LogP contribution >= 0.6 is 0 Å². The SMILES string of the molecule is CC(=O)Nc1ccc(C=O)cc1.NC1CCCCC1.NCCCC[C@H](N)C(=O)O.[H+]. The van der Waals surface area contributed by atoms with E-state index in [9.17, 15) is 14.4 Å². The predicted octanol–water partition coefficient (Wildman–Crippen LogP) is 2.38. The van der Waals surface area contributed by atoms with Crippen LogP contribution < -0.4 is 22.5 Å². The second-order valence-electron chi connectivity index (χ2n) is 7.05. The number of aldehydes is 1. The minimum absolute atomic E-state index is 0. The molecule has 0 heterocycles. The molecule has 1 aromatic carbocycles. The number of anilines is 1. The van der Waals surface area contributed by atoms with Gasteiger partial charge < -0.3 is 27.6 Å². The number of nitrogens with one attached hydrogen (secondary N) is 1. The fraction of sp³-hybridized carbons (Fsp3) is 0.571. The van der Waals surface area contributed by atoms with Crippen LogP contribution in [-0.4, -0.2) is 41.9 Å². The van der Waals surface area contributed by atoms with Crippen molar-refractivity contribution in [3.8, 4) is 0 Å². The average molecular weight is 410 g/mol. The third kappa shape index (κ3) is 15.3. The molecule has 8 heteroatoms. The van der Waals surface area contributed by atoms with Gasteiger partial charge in [-0.1, -0.05) is 25.7 Å². The van der Waals surface area contributed by atoms with Crippen LogP contribution in [0.1, 0.15) is 70.1 Å². The zero-order valence-electron chi connectivity index (χ0n) is 18.3. The van der Waals surface area contributed by atoms with Gasteiger partial charge in [-0.25, -0.2) is 0 Å². The number of amides is 1. The standard InChI is InChI=1S/C9H9NO2.C6H14N2O2.C6H13N/c1-7(12)10-9-4-2-8(6-11)3-5-9;7-4-2-1-3-5(8)6(9)10;7-6-4-2-1-3-5-6/h2-6H,1H3,(H,10,12);5H,1-4,7-8H2,(H,9,10);6H,1-5,7H2/p+1/t;5-;/m.0./s1. The van der Waals surface area contributed by atoms with E-state index in [0.717, 1.165) is 19.1 Å². The second-order valence-corrected chi connectivity index (χ2v) is 7.05. The number of benzene rings is 1. The summed E-state index contributed by atoms with van der Waals surface area (Å²) >= 11 is 0. The van der Waals surface area contributed by atoms with Gasteiger partial charge in [0, 0.05) is 24.2 Å². The lowest BCUT2D eigenvalue weighted by atomic mass is 9.97. The summed E-state index contributed by atoms with van der Waals surface area (Å²) in [7, 11) is 0. The summed E-state index contributed by atoms with van der Waals surface area (Å²) in [4.78, 5) is 31.0. The number of rotatable bonds is 7. The maximum atomic E-state index is 10.6. The molecule has 2 rings (SSSR count). The number of hydrogen-bond acceptors (Lipinski definition) is 6. The maximum absolute atomic E-state index is 10.6. The molecular weight excluding hydrogens is 372 g/mol. The van der Waals surface area contributed by atoms with Crippen LogP contribution in [0.4, 0.5) is 5.69 Å². The summed E-state index contributed by atoms with van der Waals surface area (Å²) in [6, 6.07) is 6.49. The molecule has 0 bridgehead atoms. The van der Waals surface area contributed by atoms with Crippen LogP contribution in [0.25, 0.3) is 0 Å². The highest BCUT2D eigenvalue weighted by molar-refractivity contribution is 5.89. The Kier molecular flexibility index (Phi) is 15.3. The first-order valence-corrected chi connectivity index (χ1v) is 10.1. The van der Waals surface area contributed by atoms with Crippen LogP contribution in [0, 0.1) is 0 Å². The summed E-state index contributed by atoms with van der Waals surface area (Å²) in [5.74, 6) is -1.05. The van der Waals surface area contributed by atoms with E-state index in [4.69, 9.17) is 22.3 Å². The van der Waals surface area contributed by atoms with E-state index in [1.807, 2.05) is 0 Å². The molecule has 0 radical (unpaired) electrons. The number of carboxylic acids is 1. The highest BCUT2D eigenvalue weighted by atomic mass is 16.4. The Morgan fingerprint density at radius 2 is 1.79 bits per heavy atom. The Labute approximate surface area is 174 Å². The van der Waals surface area contributed by atoms with E-state index in [1.54, 1.807) is 24.3 Å². The van der Waals surface area contributed by atoms with E-state index in [2.05, 4.69) is 5.32 Å². The quantitative estimate of drug-likeness (QED) is 0.341. The third-order valence-corrected chi connectivity index (χ3v) is 4.30. The zero-order chi connectivity index (χ0) is 22.1. The molecule has 1 fully saturated rings. The van der Waals surface area contributed by atoms with Crippen molar-refractivity contribution < 1.29 is 20.9 Å². The lowest BCUT2D eigenvalue weighted by molar-refractivity contribution is -0.138. The van der Waals surface area contributed by atoms with E-state index in [0.29, 0.717) is 30.3 Å². The van der Waals surface area contributed by atoms with Gasteiger partial charge in [0.25, 0.3) is 0 Å². The van der Waals surface area contributed by atoms with Crippen molar-refractivity contribution in [1.82, 2.24) is 0 Å². The molecule has 1 aliphatic carbocycles. The lowest BCUT2D eigenvalue weighted by Gasteiger charge is -2.15. The molecule has 0 aliphatic heterocycles. The van der Waals surface area contributed by atoms with Crippen molar-refractivity contribution in [1.29, 1.82) is 0 Å². The van der Waals surface area contributed by atoms with Crippen molar-refractivity contribution in [3.05, 3.63) is 29.8 Å². The van der Waals surface area contributed by atoms with Gasteiger partial charge in [0.2, 0.25) is 5.91 Å².